The first-order chi connectivity index (χ1) is 13.1. The average Bonchev–Trinajstić information content (AvgIpc) is 2.96. The van der Waals surface area contributed by atoms with Crippen LogP contribution in [0.25, 0.3) is 6.08 Å². The number of carbonyl (C=O) groups excluding carboxylic acids is 1. The van der Waals surface area contributed by atoms with Crippen molar-refractivity contribution in [2.24, 2.45) is 4.99 Å². The molecular weight excluding hydrogens is 360 g/mol. The second kappa shape index (κ2) is 11.0. The maximum Gasteiger partial charge on any atom is 0.266 e. The van der Waals surface area contributed by atoms with E-state index >= 15 is 0 Å². The SMILES string of the molecule is CCCCN=C1SC(=Cc2ccc(OCC)c(OC)c2)C(=O)N1CCCC. The Hall–Kier alpha value is -1.95. The number of carbonyl (C=O) groups is 1. The molecule has 5 nitrogen and oxygen atoms in total. The molecule has 2 rings (SSSR count). The second-order valence-electron chi connectivity index (χ2n) is 6.28. The lowest BCUT2D eigenvalue weighted by molar-refractivity contribution is -0.122. The largest absolute Gasteiger partial charge is 0.493 e. The maximum absolute atomic E-state index is 12.9. The monoisotopic (exact) mass is 390 g/mol. The van der Waals surface area contributed by atoms with Gasteiger partial charge in [-0.05, 0) is 55.3 Å². The second-order valence-corrected chi connectivity index (χ2v) is 7.29. The third kappa shape index (κ3) is 5.76. The first-order valence-electron chi connectivity index (χ1n) is 9.71. The van der Waals surface area contributed by atoms with Crippen molar-refractivity contribution in [1.82, 2.24) is 4.90 Å². The fourth-order valence-electron chi connectivity index (χ4n) is 2.67. The Morgan fingerprint density at radius 1 is 1.15 bits per heavy atom. The van der Waals surface area contributed by atoms with Crippen molar-refractivity contribution in [2.75, 3.05) is 26.8 Å². The molecule has 1 amide bonds. The molecular formula is C21H30N2O3S. The normalized spacial score (nSPS) is 17.2. The Morgan fingerprint density at radius 2 is 1.93 bits per heavy atom. The van der Waals surface area contributed by atoms with Gasteiger partial charge >= 0.3 is 0 Å². The molecule has 0 aromatic heterocycles. The highest BCUT2D eigenvalue weighted by atomic mass is 32.2. The van der Waals surface area contributed by atoms with Crippen LogP contribution in [0.3, 0.4) is 0 Å². The van der Waals surface area contributed by atoms with Crippen molar-refractivity contribution >= 4 is 28.9 Å². The Balaban J connectivity index is 2.26. The van der Waals surface area contributed by atoms with Crippen LogP contribution in [0.5, 0.6) is 11.5 Å². The van der Waals surface area contributed by atoms with Crippen LogP contribution in [-0.2, 0) is 4.79 Å². The van der Waals surface area contributed by atoms with Gasteiger partial charge in [-0.3, -0.25) is 14.7 Å². The van der Waals surface area contributed by atoms with Gasteiger partial charge in [-0.25, -0.2) is 0 Å². The molecule has 0 spiro atoms. The number of methoxy groups -OCH3 is 1. The summed E-state index contributed by atoms with van der Waals surface area (Å²) in [5.41, 5.74) is 0.913. The third-order valence-electron chi connectivity index (χ3n) is 4.17. The van der Waals surface area contributed by atoms with E-state index in [0.717, 1.165) is 49.5 Å². The van der Waals surface area contributed by atoms with Crippen LogP contribution < -0.4 is 9.47 Å². The summed E-state index contributed by atoms with van der Waals surface area (Å²) in [6, 6.07) is 5.72. The number of rotatable bonds is 10. The third-order valence-corrected chi connectivity index (χ3v) is 5.21. The molecule has 1 aromatic carbocycles. The van der Waals surface area contributed by atoms with Crippen LogP contribution in [0.1, 0.15) is 52.0 Å². The molecule has 1 aromatic rings. The minimum Gasteiger partial charge on any atom is -0.493 e. The van der Waals surface area contributed by atoms with Crippen molar-refractivity contribution in [3.05, 3.63) is 28.7 Å². The lowest BCUT2D eigenvalue weighted by Gasteiger charge is -2.14. The minimum absolute atomic E-state index is 0.0385. The summed E-state index contributed by atoms with van der Waals surface area (Å²) >= 11 is 1.47. The standard InChI is InChI=1S/C21H30N2O3S/c1-5-8-12-22-21-23(13-9-6-2)20(24)19(27-21)15-16-10-11-17(26-7-3)18(14-16)25-4/h10-11,14-15H,5-9,12-13H2,1-4H3. The number of unbranched alkanes of at least 4 members (excludes halogenated alkanes) is 2. The summed E-state index contributed by atoms with van der Waals surface area (Å²) in [6.45, 7) is 8.27. The van der Waals surface area contributed by atoms with Crippen molar-refractivity contribution in [3.63, 3.8) is 0 Å². The molecule has 0 aliphatic carbocycles. The summed E-state index contributed by atoms with van der Waals surface area (Å²) in [4.78, 5) is 20.1. The van der Waals surface area contributed by atoms with Crippen LogP contribution in [0.4, 0.5) is 0 Å². The van der Waals surface area contributed by atoms with Crippen molar-refractivity contribution in [1.29, 1.82) is 0 Å². The first kappa shape index (κ1) is 21.4. The molecule has 0 radical (unpaired) electrons. The van der Waals surface area contributed by atoms with E-state index in [0.29, 0.717) is 23.0 Å². The Kier molecular flexibility index (Phi) is 8.72. The molecule has 0 unspecified atom stereocenters. The van der Waals surface area contributed by atoms with Crippen molar-refractivity contribution in [2.45, 2.75) is 46.5 Å². The molecule has 1 fully saturated rings. The number of amidine groups is 1. The van der Waals surface area contributed by atoms with E-state index in [9.17, 15) is 4.79 Å². The first-order valence-corrected chi connectivity index (χ1v) is 10.5. The Morgan fingerprint density at radius 3 is 2.59 bits per heavy atom. The fourth-order valence-corrected chi connectivity index (χ4v) is 3.70. The van der Waals surface area contributed by atoms with Crippen LogP contribution in [-0.4, -0.2) is 42.8 Å². The van der Waals surface area contributed by atoms with Gasteiger partial charge < -0.3 is 9.47 Å². The number of ether oxygens (including phenoxy) is 2. The van der Waals surface area contributed by atoms with Gasteiger partial charge in [-0.15, -0.1) is 0 Å². The topological polar surface area (TPSA) is 51.1 Å². The zero-order chi connectivity index (χ0) is 19.6. The number of hydrogen-bond acceptors (Lipinski definition) is 5. The zero-order valence-corrected chi connectivity index (χ0v) is 17.6. The van der Waals surface area contributed by atoms with Crippen LogP contribution in [0.15, 0.2) is 28.1 Å². The number of nitrogens with zero attached hydrogens (tertiary/aromatic N) is 2. The van der Waals surface area contributed by atoms with E-state index in [4.69, 9.17) is 9.47 Å². The van der Waals surface area contributed by atoms with Crippen LogP contribution >= 0.6 is 11.8 Å². The Labute approximate surface area is 166 Å². The number of aliphatic imine (C=N–C) groups is 1. The predicted molar refractivity (Wildman–Crippen MR) is 114 cm³/mol. The van der Waals surface area contributed by atoms with Crippen LogP contribution in [0.2, 0.25) is 0 Å². The maximum atomic E-state index is 12.9. The van der Waals surface area contributed by atoms with Gasteiger partial charge in [0.15, 0.2) is 16.7 Å². The lowest BCUT2D eigenvalue weighted by atomic mass is 10.2. The summed E-state index contributed by atoms with van der Waals surface area (Å²) in [5.74, 6) is 1.41. The van der Waals surface area contributed by atoms with Gasteiger partial charge in [-0.2, -0.15) is 0 Å². The van der Waals surface area contributed by atoms with Crippen molar-refractivity contribution in [3.8, 4) is 11.5 Å². The lowest BCUT2D eigenvalue weighted by Crippen LogP contribution is -2.30. The minimum atomic E-state index is 0.0385. The summed E-state index contributed by atoms with van der Waals surface area (Å²) in [5, 5.41) is 0.825. The highest BCUT2D eigenvalue weighted by Gasteiger charge is 2.32. The van der Waals surface area contributed by atoms with E-state index < -0.39 is 0 Å². The van der Waals surface area contributed by atoms with Crippen LogP contribution in [0, 0.1) is 0 Å². The molecule has 148 valence electrons. The predicted octanol–water partition coefficient (Wildman–Crippen LogP) is 4.97. The van der Waals surface area contributed by atoms with Gasteiger partial charge in [0, 0.05) is 13.1 Å². The van der Waals surface area contributed by atoms with Gasteiger partial charge in [0.2, 0.25) is 0 Å². The van der Waals surface area contributed by atoms with Gasteiger partial charge in [0.1, 0.15) is 0 Å². The average molecular weight is 391 g/mol. The Bertz CT molecular complexity index is 701. The zero-order valence-electron chi connectivity index (χ0n) is 16.8. The highest BCUT2D eigenvalue weighted by Crippen LogP contribution is 2.35. The smallest absolute Gasteiger partial charge is 0.266 e. The summed E-state index contributed by atoms with van der Waals surface area (Å²) < 4.78 is 11.0. The molecule has 27 heavy (non-hydrogen) atoms. The molecule has 1 aliphatic rings. The number of amides is 1. The van der Waals surface area contributed by atoms with E-state index in [1.54, 1.807) is 7.11 Å². The molecule has 0 N–H and O–H groups in total. The fraction of sp³-hybridized carbons (Fsp3) is 0.524. The molecule has 1 saturated heterocycles. The van der Waals surface area contributed by atoms with E-state index in [1.165, 1.54) is 11.8 Å². The van der Waals surface area contributed by atoms with Gasteiger partial charge in [0.05, 0.1) is 18.6 Å². The number of benzene rings is 1. The molecule has 0 bridgehead atoms. The van der Waals surface area contributed by atoms with Gasteiger partial charge in [0.25, 0.3) is 5.91 Å². The van der Waals surface area contributed by atoms with Gasteiger partial charge in [-0.1, -0.05) is 32.8 Å². The van der Waals surface area contributed by atoms with Crippen molar-refractivity contribution < 1.29 is 14.3 Å². The molecule has 6 heteroatoms. The summed E-state index contributed by atoms with van der Waals surface area (Å²) in [7, 11) is 1.62. The molecule has 0 atom stereocenters. The van der Waals surface area contributed by atoms with E-state index in [2.05, 4.69) is 18.8 Å². The number of thioether (sulfide) groups is 1. The highest BCUT2D eigenvalue weighted by molar-refractivity contribution is 8.18. The molecule has 1 heterocycles. The summed E-state index contributed by atoms with van der Waals surface area (Å²) in [6.07, 6.45) is 6.07. The van der Waals surface area contributed by atoms with E-state index in [-0.39, 0.29) is 5.91 Å². The molecule has 0 saturated carbocycles. The number of hydrogen-bond donors (Lipinski definition) is 0. The quantitative estimate of drug-likeness (QED) is 0.418. The van der Waals surface area contributed by atoms with E-state index in [1.807, 2.05) is 36.1 Å². The molecule has 1 aliphatic heterocycles.